The van der Waals surface area contributed by atoms with Gasteiger partial charge < -0.3 is 0 Å². The topological polar surface area (TPSA) is 0 Å². The molecule has 0 saturated carbocycles. The molecule has 0 aliphatic carbocycles. The van der Waals surface area contributed by atoms with Gasteiger partial charge in [-0.3, -0.25) is 14.7 Å². The van der Waals surface area contributed by atoms with E-state index in [-0.39, 0.29) is 37.8 Å². The minimum absolute atomic E-state index is 0. The van der Waals surface area contributed by atoms with Crippen LogP contribution >= 0.6 is 0 Å². The van der Waals surface area contributed by atoms with Gasteiger partial charge in [-0.1, -0.05) is 118 Å². The molecule has 0 aliphatic rings. The molecule has 0 spiro atoms. The summed E-state index contributed by atoms with van der Waals surface area (Å²) in [7, 11) is -4.94. The maximum Gasteiger partial charge on any atom is 2.00 e. The summed E-state index contributed by atoms with van der Waals surface area (Å²) in [5.41, 5.74) is 0. The van der Waals surface area contributed by atoms with Crippen LogP contribution in [0.4, 0.5) is 0 Å². The van der Waals surface area contributed by atoms with Crippen molar-refractivity contribution in [2.24, 2.45) is 0 Å². The van der Waals surface area contributed by atoms with Crippen molar-refractivity contribution in [2.75, 3.05) is 0 Å². The fraction of sp³-hybridized carbons (Fsp3) is 1.00. The Morgan fingerprint density at radius 1 is 0.259 bits per heavy atom. The summed E-state index contributed by atoms with van der Waals surface area (Å²) < 4.78 is 0. The molecule has 0 atom stereocenters. The zero-order chi connectivity index (χ0) is 22.2. The van der Waals surface area contributed by atoms with Gasteiger partial charge in [-0.2, -0.15) is 0 Å². The molecule has 0 saturated heterocycles. The molecular weight excluding hydrogens is 465 g/mol. The zero-order valence-electron chi connectivity index (χ0n) is 22.7. The van der Waals surface area contributed by atoms with E-state index in [1.165, 1.54) is 0 Å². The van der Waals surface area contributed by atoms with E-state index in [0.29, 0.717) is 0 Å². The van der Waals surface area contributed by atoms with E-state index in [0.717, 1.165) is 0 Å². The van der Waals surface area contributed by atoms with Crippen LogP contribution in [0.25, 0.3) is 0 Å². The second kappa shape index (κ2) is 10.9. The van der Waals surface area contributed by atoms with Gasteiger partial charge in [0.15, 0.2) is 0 Å². The fourth-order valence-corrected chi connectivity index (χ4v) is 182. The fourth-order valence-electron chi connectivity index (χ4n) is 6.75. The summed E-state index contributed by atoms with van der Waals surface area (Å²) in [5.74, 6) is 0. The predicted octanol–water partition coefficient (Wildman–Crippen LogP) is 7.08. The van der Waals surface area contributed by atoms with E-state index in [2.05, 4.69) is 118 Å². The van der Waals surface area contributed by atoms with Crippen LogP contribution in [0.2, 0.25) is 118 Å². The first-order valence-electron chi connectivity index (χ1n) is 10.5. The van der Waals surface area contributed by atoms with Crippen LogP contribution in [0.5, 0.6) is 0 Å². The van der Waals surface area contributed by atoms with Gasteiger partial charge in [-0.05, 0) is 0 Å². The maximum absolute atomic E-state index is 2.61. The molecule has 0 fully saturated rings. The van der Waals surface area contributed by atoms with Crippen LogP contribution in [-0.4, -0.2) is 83.3 Å². The second-order valence-corrected chi connectivity index (χ2v) is 87.8. The van der Waals surface area contributed by atoms with Gasteiger partial charge >= 0.3 is 23.1 Å². The SMILES string of the molecule is C[Si](C)(C)[Si-]([Si](C)(C)C)[Si](C)(C)C.C[Si](C)(C)[Si-]([Si](C)(C)C)[Si](C)(C)C.[Mg+2]. The van der Waals surface area contributed by atoms with Gasteiger partial charge in [-0.25, -0.2) is 0 Å². The summed E-state index contributed by atoms with van der Waals surface area (Å²) in [4.78, 5) is 0. The van der Waals surface area contributed by atoms with Crippen molar-refractivity contribution in [3.05, 3.63) is 0 Å². The van der Waals surface area contributed by atoms with Gasteiger partial charge in [0, 0.05) is 0 Å². The Labute approximate surface area is 199 Å². The molecule has 0 aromatic carbocycles. The summed E-state index contributed by atoms with van der Waals surface area (Å²) in [6.45, 7) is 47.0. The van der Waals surface area contributed by atoms with Crippen molar-refractivity contribution >= 4 is 83.3 Å². The molecule has 0 nitrogen and oxygen atoms in total. The summed E-state index contributed by atoms with van der Waals surface area (Å²) in [5, 5.41) is 0. The largest absolute Gasteiger partial charge is 2.00 e. The van der Waals surface area contributed by atoms with Crippen LogP contribution in [0, 0.1) is 0 Å². The van der Waals surface area contributed by atoms with Crippen molar-refractivity contribution in [3.8, 4) is 0 Å². The van der Waals surface area contributed by atoms with Crippen LogP contribution in [0.3, 0.4) is 0 Å². The summed E-state index contributed by atoms with van der Waals surface area (Å²) >= 11 is 0. The average molecular weight is 520 g/mol. The summed E-state index contributed by atoms with van der Waals surface area (Å²) in [6.07, 6.45) is 0. The Morgan fingerprint density at radius 2 is 0.333 bits per heavy atom. The monoisotopic (exact) mass is 518 g/mol. The Hall–Kier alpha value is 2.50. The van der Waals surface area contributed by atoms with Crippen molar-refractivity contribution in [3.63, 3.8) is 0 Å². The molecule has 0 aliphatic heterocycles. The van der Waals surface area contributed by atoms with Crippen molar-refractivity contribution < 1.29 is 0 Å². The van der Waals surface area contributed by atoms with Crippen molar-refractivity contribution in [1.29, 1.82) is 0 Å². The molecule has 0 radical (unpaired) electrons. The molecule has 0 amide bonds. The van der Waals surface area contributed by atoms with Crippen LogP contribution in [0.15, 0.2) is 0 Å². The Morgan fingerprint density at radius 3 is 0.333 bits per heavy atom. The third-order valence-electron chi connectivity index (χ3n) is 4.50. The smallest absolute Gasteiger partial charge is 0.252 e. The second-order valence-electron chi connectivity index (χ2n) is 14.2. The van der Waals surface area contributed by atoms with E-state index in [1.54, 1.807) is 0 Å². The molecule has 0 N–H and O–H groups in total. The molecule has 0 rings (SSSR count). The summed E-state index contributed by atoms with van der Waals surface area (Å²) in [6, 6.07) is 0. The van der Waals surface area contributed by atoms with Crippen LogP contribution in [-0.2, 0) is 0 Å². The van der Waals surface area contributed by atoms with Crippen molar-refractivity contribution in [2.45, 2.75) is 118 Å². The van der Waals surface area contributed by atoms with E-state index >= 15 is 0 Å². The molecule has 0 aromatic heterocycles. The standard InChI is InChI=1S/2C9H27Si4.Mg/c2*1-11(2,3)10(12(4,5)6)13(7,8)9;/h2*1-9H3;/q2*-1;+2. The molecule has 160 valence electrons. The Balaban J connectivity index is -0.000000411. The van der Waals surface area contributed by atoms with Gasteiger partial charge in [-0.15, -0.1) is 45.5 Å². The minimum Gasteiger partial charge on any atom is -0.252 e. The van der Waals surface area contributed by atoms with Gasteiger partial charge in [0.2, 0.25) is 0 Å². The van der Waals surface area contributed by atoms with Gasteiger partial charge in [0.05, 0.1) is 0 Å². The van der Waals surface area contributed by atoms with Crippen LogP contribution < -0.4 is 0 Å². The first-order valence-corrected chi connectivity index (χ1v) is 40.5. The number of rotatable bonds is 6. The first kappa shape index (κ1) is 34.1. The average Bonchev–Trinajstić information content (AvgIpc) is 1.97. The first-order chi connectivity index (χ1) is 10.7. The van der Waals surface area contributed by atoms with E-state index in [1.807, 2.05) is 0 Å². The molecule has 0 heterocycles. The Bertz CT molecular complexity index is 317. The molecule has 0 unspecified atom stereocenters. The molecule has 0 bridgehead atoms. The minimum atomic E-state index is -0.832. The quantitative estimate of drug-likeness (QED) is 0.329. The van der Waals surface area contributed by atoms with Gasteiger partial charge in [0.25, 0.3) is 0 Å². The van der Waals surface area contributed by atoms with E-state index in [4.69, 9.17) is 0 Å². The van der Waals surface area contributed by atoms with Crippen LogP contribution in [0.1, 0.15) is 0 Å². The third kappa shape index (κ3) is 13.5. The Kier molecular flexibility index (Phi) is 13.8. The predicted molar refractivity (Wildman–Crippen MR) is 157 cm³/mol. The van der Waals surface area contributed by atoms with E-state index in [9.17, 15) is 0 Å². The molecule has 0 aromatic rings. The number of hydrogen-bond donors (Lipinski definition) is 0. The molecule has 9 heteroatoms. The maximum atomic E-state index is 2.61. The normalized spacial score (nSPS) is 14.7. The molecular formula is C18H54MgSi8. The van der Waals surface area contributed by atoms with E-state index < -0.39 is 45.5 Å². The van der Waals surface area contributed by atoms with Crippen molar-refractivity contribution in [1.82, 2.24) is 0 Å². The zero-order valence-corrected chi connectivity index (χ0v) is 32.1. The molecule has 27 heavy (non-hydrogen) atoms. The third-order valence-corrected chi connectivity index (χ3v) is 122. The number of hydrogen-bond acceptors (Lipinski definition) is 0. The van der Waals surface area contributed by atoms with Gasteiger partial charge in [0.1, 0.15) is 0 Å².